The molecule has 16 heavy (non-hydrogen) atoms. The molecule has 0 radical (unpaired) electrons. The molecule has 2 rings (SSSR count). The van der Waals surface area contributed by atoms with Crippen molar-refractivity contribution in [2.45, 2.75) is 6.18 Å². The third-order valence-corrected chi connectivity index (χ3v) is 2.53. The molecule has 0 unspecified atom stereocenters. The Balaban J connectivity index is 2.81. The van der Waals surface area contributed by atoms with Gasteiger partial charge in [-0.1, -0.05) is 0 Å². The van der Waals surface area contributed by atoms with Crippen LogP contribution in [-0.4, -0.2) is 21.5 Å². The molecule has 2 heterocycles. The molecular weight excluding hydrogens is 291 g/mol. The van der Waals surface area contributed by atoms with Crippen LogP contribution >= 0.6 is 15.9 Å². The average molecular weight is 294 g/mol. The van der Waals surface area contributed by atoms with Crippen LogP contribution in [0, 0.1) is 0 Å². The summed E-state index contributed by atoms with van der Waals surface area (Å²) in [5, 5.41) is 6.28. The van der Waals surface area contributed by atoms with Gasteiger partial charge in [-0.15, -0.1) is 0 Å². The van der Waals surface area contributed by atoms with Crippen molar-refractivity contribution < 1.29 is 18.0 Å². The maximum Gasteiger partial charge on any atom is 0.433 e. The van der Waals surface area contributed by atoms with Crippen molar-refractivity contribution in [1.29, 1.82) is 0 Å². The third-order valence-electron chi connectivity index (χ3n) is 1.92. The number of hydrogen-bond acceptors (Lipinski definition) is 3. The van der Waals surface area contributed by atoms with Gasteiger partial charge in [0.1, 0.15) is 21.5 Å². The van der Waals surface area contributed by atoms with Crippen molar-refractivity contribution in [2.24, 2.45) is 0 Å². The fourth-order valence-corrected chi connectivity index (χ4v) is 1.63. The van der Waals surface area contributed by atoms with Crippen LogP contribution in [-0.2, 0) is 6.18 Å². The van der Waals surface area contributed by atoms with Gasteiger partial charge in [-0.05, 0) is 22.0 Å². The van der Waals surface area contributed by atoms with E-state index in [9.17, 15) is 18.0 Å². The number of alkyl halides is 3. The second kappa shape index (κ2) is 3.55. The van der Waals surface area contributed by atoms with E-state index in [0.29, 0.717) is 0 Å². The van der Waals surface area contributed by atoms with Gasteiger partial charge in [0.05, 0.1) is 0 Å². The van der Waals surface area contributed by atoms with Gasteiger partial charge in [0.25, 0.3) is 0 Å². The molecule has 84 valence electrons. The van der Waals surface area contributed by atoms with Gasteiger partial charge in [0.2, 0.25) is 0 Å². The molecule has 0 fully saturated rings. The number of pyridine rings is 1. The van der Waals surface area contributed by atoms with Crippen LogP contribution in [0.1, 0.15) is 16.2 Å². The van der Waals surface area contributed by atoms with E-state index in [0.717, 1.165) is 6.07 Å². The van der Waals surface area contributed by atoms with Crippen LogP contribution in [0.4, 0.5) is 13.2 Å². The molecule has 0 aliphatic carbocycles. The zero-order valence-electron chi connectivity index (χ0n) is 7.47. The fourth-order valence-electron chi connectivity index (χ4n) is 1.24. The first-order valence-corrected chi connectivity index (χ1v) is 4.80. The number of aromatic nitrogens is 3. The Hall–Kier alpha value is -1.44. The van der Waals surface area contributed by atoms with Gasteiger partial charge in [-0.25, -0.2) is 4.98 Å². The summed E-state index contributed by atoms with van der Waals surface area (Å²) >= 11 is 3.00. The molecule has 1 N–H and O–H groups in total. The fraction of sp³-hybridized carbons (Fsp3) is 0.125. The normalized spacial score (nSPS) is 12.0. The predicted octanol–water partition coefficient (Wildman–Crippen LogP) is 2.55. The molecule has 0 bridgehead atoms. The molecule has 0 spiro atoms. The largest absolute Gasteiger partial charge is 0.433 e. The van der Waals surface area contributed by atoms with E-state index in [1.165, 1.54) is 0 Å². The van der Waals surface area contributed by atoms with Gasteiger partial charge in [0, 0.05) is 5.39 Å². The number of halogens is 4. The highest BCUT2D eigenvalue weighted by Gasteiger charge is 2.34. The first-order valence-electron chi connectivity index (χ1n) is 4.00. The van der Waals surface area contributed by atoms with Gasteiger partial charge in [0.15, 0.2) is 6.29 Å². The van der Waals surface area contributed by atoms with Crippen molar-refractivity contribution in [2.75, 3.05) is 0 Å². The average Bonchev–Trinajstić information content (AvgIpc) is 2.58. The van der Waals surface area contributed by atoms with Crippen molar-refractivity contribution in [3.8, 4) is 0 Å². The lowest BCUT2D eigenvalue weighted by Crippen LogP contribution is -2.09. The number of aromatic amines is 1. The van der Waals surface area contributed by atoms with Crippen LogP contribution in [0.25, 0.3) is 10.9 Å². The smallest absolute Gasteiger partial charge is 0.296 e. The minimum atomic E-state index is -4.59. The number of nitrogens with one attached hydrogen (secondary N) is 1. The minimum Gasteiger partial charge on any atom is -0.296 e. The summed E-state index contributed by atoms with van der Waals surface area (Å²) in [4.78, 5) is 13.8. The zero-order valence-corrected chi connectivity index (χ0v) is 9.06. The summed E-state index contributed by atoms with van der Waals surface area (Å²) < 4.78 is 37.6. The second-order valence-corrected chi connectivity index (χ2v) is 3.74. The number of carbonyl (C=O) groups is 1. The molecule has 0 aliphatic heterocycles. The molecular formula is C8H3BrF3N3O. The highest BCUT2D eigenvalue weighted by atomic mass is 79.9. The molecule has 8 heteroatoms. The van der Waals surface area contributed by atoms with Crippen molar-refractivity contribution in [3.63, 3.8) is 0 Å². The maximum absolute atomic E-state index is 12.4. The topological polar surface area (TPSA) is 58.6 Å². The van der Waals surface area contributed by atoms with E-state index in [1.807, 2.05) is 0 Å². The van der Waals surface area contributed by atoms with Crippen molar-refractivity contribution in [1.82, 2.24) is 15.2 Å². The van der Waals surface area contributed by atoms with E-state index in [1.54, 1.807) is 0 Å². The molecule has 0 aliphatic rings. The SMILES string of the molecule is O=Cc1nc(C(F)(F)F)cc2c(Br)[nH]nc12. The van der Waals surface area contributed by atoms with E-state index in [-0.39, 0.29) is 27.5 Å². The van der Waals surface area contributed by atoms with Crippen LogP contribution in [0.5, 0.6) is 0 Å². The molecule has 4 nitrogen and oxygen atoms in total. The number of nitrogens with zero attached hydrogens (tertiary/aromatic N) is 2. The zero-order chi connectivity index (χ0) is 11.9. The van der Waals surface area contributed by atoms with Crippen LogP contribution < -0.4 is 0 Å². The summed E-state index contributed by atoms with van der Waals surface area (Å²) in [6.45, 7) is 0. The first kappa shape index (κ1) is 11.1. The molecule has 0 aromatic carbocycles. The number of fused-ring (bicyclic) bond motifs is 1. The molecule has 2 aromatic heterocycles. The summed E-state index contributed by atoms with van der Waals surface area (Å²) in [5.74, 6) is 0. The quantitative estimate of drug-likeness (QED) is 0.822. The maximum atomic E-state index is 12.4. The Morgan fingerprint density at radius 2 is 2.12 bits per heavy atom. The lowest BCUT2D eigenvalue weighted by atomic mass is 10.2. The molecule has 0 atom stereocenters. The summed E-state index contributed by atoms with van der Waals surface area (Å²) in [6, 6.07) is 0.829. The van der Waals surface area contributed by atoms with E-state index in [2.05, 4.69) is 31.1 Å². The third kappa shape index (κ3) is 1.69. The Morgan fingerprint density at radius 1 is 1.44 bits per heavy atom. The Bertz CT molecular complexity index is 563. The number of H-pyrrole nitrogens is 1. The van der Waals surface area contributed by atoms with Gasteiger partial charge in [-0.2, -0.15) is 18.3 Å². The molecule has 0 saturated heterocycles. The highest BCUT2D eigenvalue weighted by molar-refractivity contribution is 9.10. The first-order chi connectivity index (χ1) is 7.43. The number of rotatable bonds is 1. The predicted molar refractivity (Wildman–Crippen MR) is 52.0 cm³/mol. The van der Waals surface area contributed by atoms with Crippen LogP contribution in [0.15, 0.2) is 10.7 Å². The van der Waals surface area contributed by atoms with E-state index in [4.69, 9.17) is 0 Å². The molecule has 0 saturated carbocycles. The van der Waals surface area contributed by atoms with Gasteiger partial charge < -0.3 is 0 Å². The lowest BCUT2D eigenvalue weighted by molar-refractivity contribution is -0.141. The number of aldehydes is 1. The van der Waals surface area contributed by atoms with Crippen LogP contribution in [0.2, 0.25) is 0 Å². The standard InChI is InChI=1S/C8H3BrF3N3O/c9-7-3-1-5(8(10,11)12)13-4(2-16)6(3)14-15-7/h1-2H,(H,14,15). The monoisotopic (exact) mass is 293 g/mol. The number of carbonyl (C=O) groups excluding carboxylic acids is 1. The van der Waals surface area contributed by atoms with Crippen molar-refractivity contribution >= 4 is 33.1 Å². The Labute approximate surface area is 95.0 Å². The number of hydrogen-bond donors (Lipinski definition) is 1. The van der Waals surface area contributed by atoms with Gasteiger partial charge in [-0.3, -0.25) is 9.89 Å². The molecule has 2 aromatic rings. The van der Waals surface area contributed by atoms with Crippen LogP contribution in [0.3, 0.4) is 0 Å². The lowest BCUT2D eigenvalue weighted by Gasteiger charge is -2.05. The van der Waals surface area contributed by atoms with Crippen molar-refractivity contribution in [3.05, 3.63) is 22.1 Å². The molecule has 0 amide bonds. The van der Waals surface area contributed by atoms with E-state index >= 15 is 0 Å². The Kier molecular flexibility index (Phi) is 2.45. The highest BCUT2D eigenvalue weighted by Crippen LogP contribution is 2.32. The van der Waals surface area contributed by atoms with Gasteiger partial charge >= 0.3 is 6.18 Å². The minimum absolute atomic E-state index is 0.106. The summed E-state index contributed by atoms with van der Waals surface area (Å²) in [7, 11) is 0. The second-order valence-electron chi connectivity index (χ2n) is 2.94. The van der Waals surface area contributed by atoms with E-state index < -0.39 is 11.9 Å². The Morgan fingerprint density at radius 3 is 2.69 bits per heavy atom. The summed E-state index contributed by atoms with van der Waals surface area (Å²) in [5.41, 5.74) is -1.36. The summed E-state index contributed by atoms with van der Waals surface area (Å²) in [6.07, 6.45) is -4.35.